The zero-order chi connectivity index (χ0) is 23.6. The molecule has 3 rings (SSSR count). The highest BCUT2D eigenvalue weighted by molar-refractivity contribution is 6.01. The van der Waals surface area contributed by atoms with Crippen molar-refractivity contribution in [3.8, 4) is 11.4 Å². The third-order valence-electron chi connectivity index (χ3n) is 5.87. The summed E-state index contributed by atoms with van der Waals surface area (Å²) in [5.41, 5.74) is 7.19. The van der Waals surface area contributed by atoms with Crippen LogP contribution in [0.5, 0.6) is 0 Å². The van der Waals surface area contributed by atoms with E-state index in [1.54, 1.807) is 25.1 Å². The maximum atomic E-state index is 13.4. The minimum atomic E-state index is -0.623. The molecule has 2 heterocycles. The summed E-state index contributed by atoms with van der Waals surface area (Å²) in [5, 5.41) is 2.94. The van der Waals surface area contributed by atoms with Crippen LogP contribution in [0.2, 0.25) is 0 Å². The second-order valence-corrected chi connectivity index (χ2v) is 9.48. The number of nitrogens with two attached hydrogens (primary N) is 1. The molecular formula is C24H33N5O3. The Morgan fingerprint density at radius 1 is 1.19 bits per heavy atom. The first-order valence-corrected chi connectivity index (χ1v) is 11.0. The summed E-state index contributed by atoms with van der Waals surface area (Å²) in [7, 11) is 2.00. The summed E-state index contributed by atoms with van der Waals surface area (Å²) >= 11 is 0. The van der Waals surface area contributed by atoms with Gasteiger partial charge in [0, 0.05) is 25.1 Å². The normalized spacial score (nSPS) is 15.5. The molecule has 172 valence electrons. The lowest BCUT2D eigenvalue weighted by Crippen LogP contribution is -2.49. The number of aromatic nitrogens is 2. The molecule has 1 aromatic heterocycles. The smallest absolute Gasteiger partial charge is 0.272 e. The minimum Gasteiger partial charge on any atom is -0.366 e. The summed E-state index contributed by atoms with van der Waals surface area (Å²) in [4.78, 5) is 44.9. The van der Waals surface area contributed by atoms with Gasteiger partial charge >= 0.3 is 0 Å². The Hall–Kier alpha value is -3.00. The number of rotatable bonds is 6. The number of carbonyl (C=O) groups excluding carboxylic acids is 3. The maximum absolute atomic E-state index is 13.4. The van der Waals surface area contributed by atoms with Crippen LogP contribution in [-0.2, 0) is 17.9 Å². The van der Waals surface area contributed by atoms with E-state index in [1.807, 2.05) is 38.5 Å². The van der Waals surface area contributed by atoms with Gasteiger partial charge in [-0.05, 0) is 31.5 Å². The molecule has 0 saturated carbocycles. The van der Waals surface area contributed by atoms with Crippen molar-refractivity contribution >= 4 is 17.6 Å². The molecular weight excluding hydrogens is 406 g/mol. The average molecular weight is 440 g/mol. The van der Waals surface area contributed by atoms with Crippen molar-refractivity contribution in [1.29, 1.82) is 0 Å². The van der Waals surface area contributed by atoms with Crippen LogP contribution in [0.4, 0.5) is 0 Å². The minimum absolute atomic E-state index is 0.0208. The molecule has 0 radical (unpaired) electrons. The predicted molar refractivity (Wildman–Crippen MR) is 123 cm³/mol. The molecule has 0 spiro atoms. The molecule has 3 N–H and O–H groups in total. The van der Waals surface area contributed by atoms with Crippen LogP contribution in [0.15, 0.2) is 24.3 Å². The molecule has 1 aliphatic heterocycles. The number of benzene rings is 1. The number of hydrogen-bond donors (Lipinski definition) is 2. The van der Waals surface area contributed by atoms with Crippen LogP contribution in [0.3, 0.4) is 0 Å². The lowest BCUT2D eigenvalue weighted by atomic mass is 9.83. The Morgan fingerprint density at radius 2 is 1.88 bits per heavy atom. The van der Waals surface area contributed by atoms with Gasteiger partial charge < -0.3 is 20.5 Å². The van der Waals surface area contributed by atoms with E-state index in [4.69, 9.17) is 10.7 Å². The van der Waals surface area contributed by atoms with Crippen molar-refractivity contribution in [2.45, 2.75) is 59.7 Å². The summed E-state index contributed by atoms with van der Waals surface area (Å²) in [5.74, 6) is -0.402. The first kappa shape index (κ1) is 23.7. The van der Waals surface area contributed by atoms with Crippen molar-refractivity contribution in [2.75, 3.05) is 13.6 Å². The highest BCUT2D eigenvalue weighted by Crippen LogP contribution is 2.29. The number of carbonyl (C=O) groups is 3. The standard InChI is InChI=1S/C24H33N5O3/c1-6-18(30)20(24(2,3)4)27-23(32)19-17-14-28(5)12-9-13-29(17)22(26-19)16-11-8-7-10-15(16)21(25)31/h7-8,10-11,20H,6,9,12-14H2,1-5H3,(H2,25,31)(H,27,32)/t20-/m1/s1. The molecule has 32 heavy (non-hydrogen) atoms. The monoisotopic (exact) mass is 439 g/mol. The van der Waals surface area contributed by atoms with Crippen molar-refractivity contribution in [3.63, 3.8) is 0 Å². The summed E-state index contributed by atoms with van der Waals surface area (Å²) in [6.45, 7) is 9.67. The zero-order valence-electron chi connectivity index (χ0n) is 19.6. The zero-order valence-corrected chi connectivity index (χ0v) is 19.6. The number of fused-ring (bicyclic) bond motifs is 1. The van der Waals surface area contributed by atoms with E-state index >= 15 is 0 Å². The quantitative estimate of drug-likeness (QED) is 0.719. The van der Waals surface area contributed by atoms with E-state index < -0.39 is 17.4 Å². The number of Topliss-reactive ketones (excluding diaryl/α,β-unsaturated/α-hetero) is 1. The topological polar surface area (TPSA) is 110 Å². The molecule has 2 aromatic rings. The fourth-order valence-corrected chi connectivity index (χ4v) is 4.18. The van der Waals surface area contributed by atoms with Crippen LogP contribution in [0.1, 0.15) is 67.1 Å². The Labute approximate surface area is 189 Å². The number of primary amides is 1. The van der Waals surface area contributed by atoms with Crippen molar-refractivity contribution < 1.29 is 14.4 Å². The molecule has 1 atom stereocenters. The lowest BCUT2D eigenvalue weighted by molar-refractivity contribution is -0.122. The van der Waals surface area contributed by atoms with Crippen LogP contribution in [0, 0.1) is 5.41 Å². The Morgan fingerprint density at radius 3 is 2.50 bits per heavy atom. The fraction of sp³-hybridized carbons (Fsp3) is 0.500. The molecule has 0 unspecified atom stereocenters. The summed E-state index contributed by atoms with van der Waals surface area (Å²) in [6.07, 6.45) is 1.22. The summed E-state index contributed by atoms with van der Waals surface area (Å²) < 4.78 is 2.01. The third-order valence-corrected chi connectivity index (χ3v) is 5.87. The fourth-order valence-electron chi connectivity index (χ4n) is 4.18. The number of nitrogens with zero attached hydrogens (tertiary/aromatic N) is 3. The van der Waals surface area contributed by atoms with Crippen molar-refractivity contribution in [2.24, 2.45) is 11.1 Å². The molecule has 8 nitrogen and oxygen atoms in total. The molecule has 2 amide bonds. The molecule has 0 bridgehead atoms. The second kappa shape index (κ2) is 9.24. The number of nitrogens with one attached hydrogen (secondary N) is 1. The number of ketones is 1. The van der Waals surface area contributed by atoms with Gasteiger partial charge in [0.1, 0.15) is 5.82 Å². The van der Waals surface area contributed by atoms with E-state index in [0.29, 0.717) is 36.5 Å². The molecule has 1 aliphatic rings. The lowest BCUT2D eigenvalue weighted by Gasteiger charge is -2.30. The van der Waals surface area contributed by atoms with Gasteiger partial charge in [-0.1, -0.05) is 45.9 Å². The largest absolute Gasteiger partial charge is 0.366 e. The van der Waals surface area contributed by atoms with Gasteiger partial charge in [0.15, 0.2) is 11.5 Å². The number of hydrogen-bond acceptors (Lipinski definition) is 5. The Kier molecular flexibility index (Phi) is 6.83. The first-order chi connectivity index (χ1) is 15.0. The van der Waals surface area contributed by atoms with E-state index in [-0.39, 0.29) is 17.4 Å². The van der Waals surface area contributed by atoms with Gasteiger partial charge in [-0.25, -0.2) is 4.98 Å². The highest BCUT2D eigenvalue weighted by Gasteiger charge is 2.34. The van der Waals surface area contributed by atoms with Crippen LogP contribution in [-0.4, -0.2) is 51.7 Å². The van der Waals surface area contributed by atoms with Crippen molar-refractivity contribution in [3.05, 3.63) is 41.2 Å². The molecule has 1 aromatic carbocycles. The van der Waals surface area contributed by atoms with E-state index in [1.165, 1.54) is 0 Å². The first-order valence-electron chi connectivity index (χ1n) is 11.0. The third kappa shape index (κ3) is 4.75. The Bertz CT molecular complexity index is 1030. The van der Waals surface area contributed by atoms with E-state index in [9.17, 15) is 14.4 Å². The summed E-state index contributed by atoms with van der Waals surface area (Å²) in [6, 6.07) is 6.41. The van der Waals surface area contributed by atoms with E-state index in [2.05, 4.69) is 10.2 Å². The maximum Gasteiger partial charge on any atom is 0.272 e. The van der Waals surface area contributed by atoms with Gasteiger partial charge in [-0.3, -0.25) is 14.4 Å². The molecule has 0 aliphatic carbocycles. The van der Waals surface area contributed by atoms with E-state index in [0.717, 1.165) is 18.7 Å². The van der Waals surface area contributed by atoms with Gasteiger partial charge in [-0.15, -0.1) is 0 Å². The van der Waals surface area contributed by atoms with Gasteiger partial charge in [-0.2, -0.15) is 0 Å². The predicted octanol–water partition coefficient (Wildman–Crippen LogP) is 2.61. The molecule has 0 saturated heterocycles. The molecule has 8 heteroatoms. The van der Waals surface area contributed by atoms with Gasteiger partial charge in [0.05, 0.1) is 17.3 Å². The van der Waals surface area contributed by atoms with Crippen LogP contribution in [0.25, 0.3) is 11.4 Å². The SMILES string of the molecule is CCC(=O)[C@@H](NC(=O)c1nc(-c2ccccc2C(N)=O)n2c1CN(C)CCC2)C(C)(C)C. The average Bonchev–Trinajstić information content (AvgIpc) is 2.96. The van der Waals surface area contributed by atoms with Crippen LogP contribution < -0.4 is 11.1 Å². The van der Waals surface area contributed by atoms with Crippen molar-refractivity contribution in [1.82, 2.24) is 19.8 Å². The Balaban J connectivity index is 2.12. The van der Waals surface area contributed by atoms with Gasteiger partial charge in [0.2, 0.25) is 5.91 Å². The number of imidazole rings is 1. The van der Waals surface area contributed by atoms with Gasteiger partial charge in [0.25, 0.3) is 5.91 Å². The number of amides is 2. The molecule has 0 fully saturated rings. The van der Waals surface area contributed by atoms with Crippen LogP contribution >= 0.6 is 0 Å². The highest BCUT2D eigenvalue weighted by atomic mass is 16.2. The second-order valence-electron chi connectivity index (χ2n) is 9.48.